The summed E-state index contributed by atoms with van der Waals surface area (Å²) >= 11 is 0. The van der Waals surface area contributed by atoms with Crippen LogP contribution in [-0.2, 0) is 18.0 Å². The maximum absolute atomic E-state index is 12.7. The average molecular weight is 326 g/mol. The van der Waals surface area contributed by atoms with Crippen molar-refractivity contribution in [3.8, 4) is 0 Å². The third-order valence-electron chi connectivity index (χ3n) is 2.89. The summed E-state index contributed by atoms with van der Waals surface area (Å²) in [5.74, 6) is -1.29. The van der Waals surface area contributed by atoms with Crippen molar-refractivity contribution in [3.63, 3.8) is 0 Å². The van der Waals surface area contributed by atoms with E-state index in [1.54, 1.807) is 12.1 Å². The first-order valence-electron chi connectivity index (χ1n) is 6.47. The van der Waals surface area contributed by atoms with Crippen LogP contribution in [0.3, 0.4) is 0 Å². The summed E-state index contributed by atoms with van der Waals surface area (Å²) in [4.78, 5) is 23.3. The van der Waals surface area contributed by atoms with E-state index in [1.165, 1.54) is 19.1 Å². The molecule has 0 bridgehead atoms. The van der Waals surface area contributed by atoms with Gasteiger partial charge in [-0.05, 0) is 12.1 Å². The highest BCUT2D eigenvalue weighted by atomic mass is 19.4. The van der Waals surface area contributed by atoms with Gasteiger partial charge in [0.15, 0.2) is 5.82 Å². The number of nitrogens with one attached hydrogen (secondary N) is 2. The second-order valence-electron chi connectivity index (χ2n) is 4.72. The summed E-state index contributed by atoms with van der Waals surface area (Å²) < 4.78 is 38.8. The van der Waals surface area contributed by atoms with Gasteiger partial charge in [0, 0.05) is 20.0 Å². The monoisotopic (exact) mass is 326 g/mol. The van der Waals surface area contributed by atoms with Gasteiger partial charge >= 0.3 is 6.18 Å². The molecule has 0 aliphatic rings. The smallest absolute Gasteiger partial charge is 0.326 e. The first kappa shape index (κ1) is 16.5. The molecule has 2 aromatic rings. The summed E-state index contributed by atoms with van der Waals surface area (Å²) in [5, 5.41) is 8.37. The van der Waals surface area contributed by atoms with Gasteiger partial charge in [-0.2, -0.15) is 18.3 Å². The van der Waals surface area contributed by atoms with Crippen molar-refractivity contribution in [1.82, 2.24) is 9.78 Å². The zero-order valence-corrected chi connectivity index (χ0v) is 12.2. The minimum atomic E-state index is -4.57. The lowest BCUT2D eigenvalue weighted by Gasteiger charge is -2.08. The van der Waals surface area contributed by atoms with Crippen molar-refractivity contribution >= 4 is 23.3 Å². The summed E-state index contributed by atoms with van der Waals surface area (Å²) in [6.45, 7) is 1.28. The van der Waals surface area contributed by atoms with Gasteiger partial charge in [0.25, 0.3) is 5.91 Å². The van der Waals surface area contributed by atoms with Crippen LogP contribution in [-0.4, -0.2) is 21.6 Å². The number of alkyl halides is 3. The number of anilines is 2. The molecule has 2 rings (SSSR count). The number of hydrogen-bond acceptors (Lipinski definition) is 3. The highest BCUT2D eigenvalue weighted by molar-refractivity contribution is 6.09. The highest BCUT2D eigenvalue weighted by Crippen LogP contribution is 2.30. The van der Waals surface area contributed by atoms with Crippen molar-refractivity contribution < 1.29 is 22.8 Å². The molecule has 1 aromatic heterocycles. The van der Waals surface area contributed by atoms with Gasteiger partial charge < -0.3 is 10.6 Å². The molecule has 1 aromatic carbocycles. The van der Waals surface area contributed by atoms with Crippen LogP contribution >= 0.6 is 0 Å². The second-order valence-corrected chi connectivity index (χ2v) is 4.72. The minimum Gasteiger partial charge on any atom is -0.326 e. The van der Waals surface area contributed by atoms with E-state index in [1.807, 2.05) is 0 Å². The van der Waals surface area contributed by atoms with Crippen molar-refractivity contribution in [2.75, 3.05) is 10.6 Å². The molecule has 9 heteroatoms. The Labute approximate surface area is 129 Å². The van der Waals surface area contributed by atoms with E-state index < -0.39 is 17.8 Å². The third kappa shape index (κ3) is 3.87. The van der Waals surface area contributed by atoms with E-state index in [9.17, 15) is 22.8 Å². The summed E-state index contributed by atoms with van der Waals surface area (Å²) in [6.07, 6.45) is -4.57. The number of halogens is 3. The summed E-state index contributed by atoms with van der Waals surface area (Å²) in [6, 6.07) is 6.87. The Balaban J connectivity index is 2.25. The fraction of sp³-hybridized carbons (Fsp3) is 0.214. The second kappa shape index (κ2) is 6.11. The van der Waals surface area contributed by atoms with E-state index in [2.05, 4.69) is 15.7 Å². The lowest BCUT2D eigenvalue weighted by atomic mass is 10.1. The number of carbonyl (C=O) groups excluding carboxylic acids is 2. The number of rotatable bonds is 3. The molecule has 0 aliphatic heterocycles. The fourth-order valence-corrected chi connectivity index (χ4v) is 1.96. The summed E-state index contributed by atoms with van der Waals surface area (Å²) in [7, 11) is 1.13. The normalized spacial score (nSPS) is 11.2. The number of para-hydroxylation sites is 1. The van der Waals surface area contributed by atoms with Crippen LogP contribution in [0.15, 0.2) is 30.3 Å². The van der Waals surface area contributed by atoms with Crippen LogP contribution in [0, 0.1) is 0 Å². The number of amides is 2. The van der Waals surface area contributed by atoms with Crippen molar-refractivity contribution in [1.29, 1.82) is 0 Å². The molecule has 0 saturated heterocycles. The van der Waals surface area contributed by atoms with Crippen LogP contribution < -0.4 is 10.6 Å². The van der Waals surface area contributed by atoms with E-state index in [4.69, 9.17) is 0 Å². The zero-order chi connectivity index (χ0) is 17.2. The Morgan fingerprint density at radius 2 is 1.83 bits per heavy atom. The van der Waals surface area contributed by atoms with Gasteiger partial charge in [-0.3, -0.25) is 14.3 Å². The Kier molecular flexibility index (Phi) is 4.39. The maximum atomic E-state index is 12.7. The molecular formula is C14H13F3N4O2. The number of carbonyl (C=O) groups is 2. The largest absolute Gasteiger partial charge is 0.433 e. The van der Waals surface area contributed by atoms with Gasteiger partial charge in [0.05, 0.1) is 11.3 Å². The molecule has 0 fully saturated rings. The SMILES string of the molecule is CC(=O)Nc1ccccc1C(=O)Nc1cc(C(F)(F)F)n(C)n1. The summed E-state index contributed by atoms with van der Waals surface area (Å²) in [5.41, 5.74) is -0.616. The van der Waals surface area contributed by atoms with E-state index in [-0.39, 0.29) is 23.0 Å². The third-order valence-corrected chi connectivity index (χ3v) is 2.89. The van der Waals surface area contributed by atoms with Crippen LogP contribution in [0.2, 0.25) is 0 Å². The quantitative estimate of drug-likeness (QED) is 0.910. The standard InChI is InChI=1S/C14H13F3N4O2/c1-8(22)18-10-6-4-3-5-9(10)13(23)19-12-7-11(14(15,16)17)21(2)20-12/h3-7H,1-2H3,(H,18,22)(H,19,20,23). The predicted molar refractivity (Wildman–Crippen MR) is 76.9 cm³/mol. The van der Waals surface area contributed by atoms with Crippen molar-refractivity contribution in [2.45, 2.75) is 13.1 Å². The number of benzene rings is 1. The van der Waals surface area contributed by atoms with Gasteiger partial charge in [0.1, 0.15) is 5.69 Å². The van der Waals surface area contributed by atoms with Crippen LogP contribution in [0.4, 0.5) is 24.7 Å². The fourth-order valence-electron chi connectivity index (χ4n) is 1.96. The molecule has 6 nitrogen and oxygen atoms in total. The highest BCUT2D eigenvalue weighted by Gasteiger charge is 2.35. The van der Waals surface area contributed by atoms with Crippen LogP contribution in [0.25, 0.3) is 0 Å². The van der Waals surface area contributed by atoms with Crippen LogP contribution in [0.1, 0.15) is 23.0 Å². The van der Waals surface area contributed by atoms with E-state index in [0.717, 1.165) is 13.1 Å². The predicted octanol–water partition coefficient (Wildman–Crippen LogP) is 2.65. The molecule has 2 N–H and O–H groups in total. The van der Waals surface area contributed by atoms with Crippen molar-refractivity contribution in [2.24, 2.45) is 7.05 Å². The van der Waals surface area contributed by atoms with E-state index >= 15 is 0 Å². The molecule has 23 heavy (non-hydrogen) atoms. The average Bonchev–Trinajstić information content (AvgIpc) is 2.79. The van der Waals surface area contributed by atoms with Gasteiger partial charge in [-0.1, -0.05) is 12.1 Å². The Morgan fingerprint density at radius 3 is 2.39 bits per heavy atom. The zero-order valence-electron chi connectivity index (χ0n) is 12.2. The van der Waals surface area contributed by atoms with Gasteiger partial charge in [0.2, 0.25) is 5.91 Å². The van der Waals surface area contributed by atoms with Gasteiger partial charge in [-0.15, -0.1) is 0 Å². The number of hydrogen-bond donors (Lipinski definition) is 2. The number of aromatic nitrogens is 2. The number of aryl methyl sites for hydroxylation is 1. The van der Waals surface area contributed by atoms with Gasteiger partial charge in [-0.25, -0.2) is 0 Å². The van der Waals surface area contributed by atoms with E-state index in [0.29, 0.717) is 4.68 Å². The molecular weight excluding hydrogens is 313 g/mol. The molecule has 0 atom stereocenters. The first-order chi connectivity index (χ1) is 10.7. The Morgan fingerprint density at radius 1 is 1.17 bits per heavy atom. The van der Waals surface area contributed by atoms with Crippen molar-refractivity contribution in [3.05, 3.63) is 41.6 Å². The minimum absolute atomic E-state index is 0.113. The molecule has 0 saturated carbocycles. The molecule has 0 radical (unpaired) electrons. The Bertz CT molecular complexity index is 753. The number of nitrogens with zero attached hydrogens (tertiary/aromatic N) is 2. The molecule has 122 valence electrons. The lowest BCUT2D eigenvalue weighted by Crippen LogP contribution is -2.16. The topological polar surface area (TPSA) is 76.0 Å². The lowest BCUT2D eigenvalue weighted by molar-refractivity contribution is -0.143. The van der Waals surface area contributed by atoms with Crippen LogP contribution in [0.5, 0.6) is 0 Å². The molecule has 0 unspecified atom stereocenters. The first-order valence-corrected chi connectivity index (χ1v) is 6.47. The molecule has 0 aliphatic carbocycles. The molecule has 2 amide bonds. The Hall–Kier alpha value is -2.84. The molecule has 0 spiro atoms. The maximum Gasteiger partial charge on any atom is 0.433 e. The molecule has 1 heterocycles.